The van der Waals surface area contributed by atoms with Gasteiger partial charge in [-0.15, -0.1) is 11.6 Å². The molecule has 0 aliphatic rings. The lowest BCUT2D eigenvalue weighted by molar-refractivity contribution is 0.185. The lowest BCUT2D eigenvalue weighted by Crippen LogP contribution is -2.15. The van der Waals surface area contributed by atoms with Crippen molar-refractivity contribution in [2.45, 2.75) is 39.2 Å². The van der Waals surface area contributed by atoms with E-state index in [1.54, 1.807) is 0 Å². The van der Waals surface area contributed by atoms with Crippen LogP contribution in [0.2, 0.25) is 0 Å². The summed E-state index contributed by atoms with van der Waals surface area (Å²) in [6, 6.07) is 5.68. The molecule has 0 radical (unpaired) electrons. The molecule has 0 saturated heterocycles. The van der Waals surface area contributed by atoms with Crippen LogP contribution in [0.25, 0.3) is 0 Å². The van der Waals surface area contributed by atoms with Crippen LogP contribution in [0.5, 0.6) is 5.88 Å². The van der Waals surface area contributed by atoms with E-state index < -0.39 is 0 Å². The topological polar surface area (TPSA) is 22.1 Å². The molecule has 1 aromatic heterocycles. The molecular formula is C12H18ClNO. The standard InChI is InChI=1S/C12H18ClNO/c1-9(2)7-10(3)15-12-6-4-5-11(8-13)14-12/h4-6,9-10H,7-8H2,1-3H3. The van der Waals surface area contributed by atoms with Crippen LogP contribution in [0.1, 0.15) is 32.9 Å². The zero-order valence-corrected chi connectivity index (χ0v) is 10.3. The molecule has 1 rings (SSSR count). The smallest absolute Gasteiger partial charge is 0.213 e. The first-order valence-corrected chi connectivity index (χ1v) is 5.83. The van der Waals surface area contributed by atoms with E-state index >= 15 is 0 Å². The minimum absolute atomic E-state index is 0.197. The minimum Gasteiger partial charge on any atom is -0.475 e. The van der Waals surface area contributed by atoms with Crippen LogP contribution in [0.3, 0.4) is 0 Å². The van der Waals surface area contributed by atoms with E-state index in [9.17, 15) is 0 Å². The molecule has 3 heteroatoms. The minimum atomic E-state index is 0.197. The van der Waals surface area contributed by atoms with Gasteiger partial charge in [-0.3, -0.25) is 0 Å². The van der Waals surface area contributed by atoms with Gasteiger partial charge >= 0.3 is 0 Å². The molecule has 0 aromatic carbocycles. The van der Waals surface area contributed by atoms with Gasteiger partial charge in [0.25, 0.3) is 0 Å². The van der Waals surface area contributed by atoms with Gasteiger partial charge in [-0.25, -0.2) is 4.98 Å². The quantitative estimate of drug-likeness (QED) is 0.717. The largest absolute Gasteiger partial charge is 0.475 e. The van der Waals surface area contributed by atoms with Gasteiger partial charge in [0, 0.05) is 6.07 Å². The highest BCUT2D eigenvalue weighted by Gasteiger charge is 2.07. The van der Waals surface area contributed by atoms with Gasteiger partial charge in [-0.05, 0) is 25.3 Å². The Kier molecular flexibility index (Phi) is 4.89. The van der Waals surface area contributed by atoms with E-state index in [1.807, 2.05) is 18.2 Å². The highest BCUT2D eigenvalue weighted by molar-refractivity contribution is 6.16. The number of halogens is 1. The van der Waals surface area contributed by atoms with Crippen molar-refractivity contribution >= 4 is 11.6 Å². The monoisotopic (exact) mass is 227 g/mol. The summed E-state index contributed by atoms with van der Waals surface area (Å²) in [5.41, 5.74) is 0.853. The molecule has 0 aliphatic carbocycles. The number of rotatable bonds is 5. The second kappa shape index (κ2) is 5.96. The van der Waals surface area contributed by atoms with Gasteiger partial charge in [-0.2, -0.15) is 0 Å². The summed E-state index contributed by atoms with van der Waals surface area (Å²) in [7, 11) is 0. The van der Waals surface area contributed by atoms with Gasteiger partial charge in [0.2, 0.25) is 5.88 Å². The molecule has 0 saturated carbocycles. The average molecular weight is 228 g/mol. The zero-order valence-electron chi connectivity index (χ0n) is 9.53. The summed E-state index contributed by atoms with van der Waals surface area (Å²) in [6.07, 6.45) is 1.23. The van der Waals surface area contributed by atoms with Gasteiger partial charge in [0.15, 0.2) is 0 Å². The number of alkyl halides is 1. The van der Waals surface area contributed by atoms with Crippen molar-refractivity contribution in [2.24, 2.45) is 5.92 Å². The second-order valence-electron chi connectivity index (χ2n) is 4.16. The molecule has 2 nitrogen and oxygen atoms in total. The molecule has 1 unspecified atom stereocenters. The number of nitrogens with zero attached hydrogens (tertiary/aromatic N) is 1. The van der Waals surface area contributed by atoms with Crippen LogP contribution in [0, 0.1) is 5.92 Å². The Balaban J connectivity index is 2.55. The highest BCUT2D eigenvalue weighted by Crippen LogP contribution is 2.14. The van der Waals surface area contributed by atoms with Crippen molar-refractivity contribution < 1.29 is 4.74 Å². The van der Waals surface area contributed by atoms with Crippen LogP contribution in [0.15, 0.2) is 18.2 Å². The molecule has 1 heterocycles. The second-order valence-corrected chi connectivity index (χ2v) is 4.43. The highest BCUT2D eigenvalue weighted by atomic mass is 35.5. The molecule has 84 valence electrons. The first kappa shape index (κ1) is 12.3. The first-order valence-electron chi connectivity index (χ1n) is 5.30. The van der Waals surface area contributed by atoms with Crippen molar-refractivity contribution in [1.82, 2.24) is 4.98 Å². The van der Waals surface area contributed by atoms with Crippen LogP contribution < -0.4 is 4.74 Å². The molecular weight excluding hydrogens is 210 g/mol. The number of pyridine rings is 1. The number of hydrogen-bond acceptors (Lipinski definition) is 2. The SMILES string of the molecule is CC(C)CC(C)Oc1cccc(CCl)n1. The number of ether oxygens (including phenoxy) is 1. The van der Waals surface area contributed by atoms with Gasteiger partial charge < -0.3 is 4.74 Å². The Morgan fingerprint density at radius 2 is 2.07 bits per heavy atom. The van der Waals surface area contributed by atoms with Gasteiger partial charge in [-0.1, -0.05) is 19.9 Å². The van der Waals surface area contributed by atoms with E-state index in [2.05, 4.69) is 25.8 Å². The Labute approximate surface area is 96.6 Å². The molecule has 0 aliphatic heterocycles. The molecule has 1 atom stereocenters. The van der Waals surface area contributed by atoms with E-state index in [0.717, 1.165) is 12.1 Å². The molecule has 15 heavy (non-hydrogen) atoms. The Hall–Kier alpha value is -0.760. The van der Waals surface area contributed by atoms with E-state index in [4.69, 9.17) is 16.3 Å². The first-order chi connectivity index (χ1) is 7.11. The Bertz CT molecular complexity index is 301. The molecule has 0 spiro atoms. The van der Waals surface area contributed by atoms with Crippen LogP contribution in [0.4, 0.5) is 0 Å². The van der Waals surface area contributed by atoms with Crippen LogP contribution in [-0.4, -0.2) is 11.1 Å². The molecule has 1 aromatic rings. The summed E-state index contributed by atoms with van der Waals surface area (Å²) in [4.78, 5) is 4.28. The molecule has 0 amide bonds. The van der Waals surface area contributed by atoms with Gasteiger partial charge in [0.1, 0.15) is 0 Å². The molecule has 0 bridgehead atoms. The maximum Gasteiger partial charge on any atom is 0.213 e. The third-order valence-electron chi connectivity index (χ3n) is 2.04. The Morgan fingerprint density at radius 3 is 2.67 bits per heavy atom. The van der Waals surface area contributed by atoms with Crippen molar-refractivity contribution in [1.29, 1.82) is 0 Å². The zero-order chi connectivity index (χ0) is 11.3. The average Bonchev–Trinajstić information content (AvgIpc) is 2.16. The van der Waals surface area contributed by atoms with Crippen molar-refractivity contribution in [3.63, 3.8) is 0 Å². The fourth-order valence-corrected chi connectivity index (χ4v) is 1.66. The van der Waals surface area contributed by atoms with Gasteiger partial charge in [0.05, 0.1) is 17.7 Å². The van der Waals surface area contributed by atoms with Crippen molar-refractivity contribution in [3.05, 3.63) is 23.9 Å². The fourth-order valence-electron chi connectivity index (χ4n) is 1.52. The third-order valence-corrected chi connectivity index (χ3v) is 2.32. The summed E-state index contributed by atoms with van der Waals surface area (Å²) in [5, 5.41) is 0. The number of hydrogen-bond donors (Lipinski definition) is 0. The van der Waals surface area contributed by atoms with Crippen LogP contribution >= 0.6 is 11.6 Å². The van der Waals surface area contributed by atoms with Crippen molar-refractivity contribution in [2.75, 3.05) is 0 Å². The molecule has 0 N–H and O–H groups in total. The number of aromatic nitrogens is 1. The summed E-state index contributed by atoms with van der Waals surface area (Å²) >= 11 is 5.70. The molecule has 0 fully saturated rings. The van der Waals surface area contributed by atoms with E-state index in [-0.39, 0.29) is 6.10 Å². The maximum atomic E-state index is 5.70. The predicted octanol–water partition coefficient (Wildman–Crippen LogP) is 3.63. The van der Waals surface area contributed by atoms with E-state index in [0.29, 0.717) is 17.7 Å². The summed E-state index contributed by atoms with van der Waals surface area (Å²) in [6.45, 7) is 6.43. The lowest BCUT2D eigenvalue weighted by Gasteiger charge is -2.15. The van der Waals surface area contributed by atoms with E-state index in [1.165, 1.54) is 0 Å². The third kappa shape index (κ3) is 4.52. The predicted molar refractivity (Wildman–Crippen MR) is 63.3 cm³/mol. The summed E-state index contributed by atoms with van der Waals surface area (Å²) < 4.78 is 5.70. The fraction of sp³-hybridized carbons (Fsp3) is 0.583. The summed E-state index contributed by atoms with van der Waals surface area (Å²) in [5.74, 6) is 1.73. The lowest BCUT2D eigenvalue weighted by atomic mass is 10.1. The normalized spacial score (nSPS) is 12.9. The van der Waals surface area contributed by atoms with Crippen LogP contribution in [-0.2, 0) is 5.88 Å². The maximum absolute atomic E-state index is 5.70. The Morgan fingerprint density at radius 1 is 1.33 bits per heavy atom. The van der Waals surface area contributed by atoms with Crippen molar-refractivity contribution in [3.8, 4) is 5.88 Å².